The normalized spacial score (nSPS) is 13.9. The summed E-state index contributed by atoms with van der Waals surface area (Å²) in [5, 5.41) is 0. The second-order valence-corrected chi connectivity index (χ2v) is 8.64. The van der Waals surface area contributed by atoms with E-state index in [-0.39, 0.29) is 34.1 Å². The molecule has 1 aliphatic rings. The maximum absolute atomic E-state index is 11.1. The monoisotopic (exact) mass is 261 g/mol. The van der Waals surface area contributed by atoms with Gasteiger partial charge in [-0.3, -0.25) is 14.5 Å². The molecule has 1 heterocycles. The summed E-state index contributed by atoms with van der Waals surface area (Å²) in [5.74, 6) is -0.483. The highest BCUT2D eigenvalue weighted by Crippen LogP contribution is 2.05. The Morgan fingerprint density at radius 1 is 1.06 bits per heavy atom. The molecule has 0 spiro atoms. The highest BCUT2D eigenvalue weighted by atomic mass is 28.4. The van der Waals surface area contributed by atoms with Crippen LogP contribution in [0.25, 0.3) is 0 Å². The Kier molecular flexibility index (Phi) is 10.3. The highest BCUT2D eigenvalue weighted by Gasteiger charge is 2.23. The summed E-state index contributed by atoms with van der Waals surface area (Å²) in [6.45, 7) is 7.00. The van der Waals surface area contributed by atoms with Gasteiger partial charge in [-0.2, -0.15) is 0 Å². The minimum absolute atomic E-state index is 0. The third-order valence-electron chi connectivity index (χ3n) is 1.75. The molecule has 5 heteroatoms. The van der Waals surface area contributed by atoms with Crippen molar-refractivity contribution >= 4 is 20.1 Å². The molecule has 0 aromatic rings. The maximum Gasteiger partial charge on any atom is 0.253 e. The van der Waals surface area contributed by atoms with Crippen LogP contribution in [0, 0.1) is 0 Å². The van der Waals surface area contributed by atoms with Gasteiger partial charge >= 0.3 is 0 Å². The lowest BCUT2D eigenvalue weighted by molar-refractivity contribution is -0.137. The van der Waals surface area contributed by atoms with Crippen molar-refractivity contribution in [3.63, 3.8) is 0 Å². The summed E-state index contributed by atoms with van der Waals surface area (Å²) in [4.78, 5) is 23.4. The summed E-state index contributed by atoms with van der Waals surface area (Å²) < 4.78 is 5.55. The Morgan fingerprint density at radius 2 is 1.47 bits per heavy atom. The molecule has 0 saturated carbocycles. The summed E-state index contributed by atoms with van der Waals surface area (Å²) in [6.07, 6.45) is 2.58. The van der Waals surface area contributed by atoms with Crippen molar-refractivity contribution < 1.29 is 14.0 Å². The molecular weight excluding hydrogens is 234 g/mol. The molecule has 1 aliphatic heterocycles. The van der Waals surface area contributed by atoms with Gasteiger partial charge in [0, 0.05) is 12.2 Å². The molecule has 0 aromatic heterocycles. The van der Waals surface area contributed by atoms with Crippen molar-refractivity contribution in [3.8, 4) is 0 Å². The largest absolute Gasteiger partial charge is 0.416 e. The zero-order valence-corrected chi connectivity index (χ0v) is 9.74. The van der Waals surface area contributed by atoms with Gasteiger partial charge < -0.3 is 4.43 Å². The molecule has 102 valence electrons. The molecule has 0 saturated heterocycles. The lowest BCUT2D eigenvalue weighted by atomic mass is 10.5. The Bertz CT molecular complexity index is 264. The molecule has 2 amide bonds. The van der Waals surface area contributed by atoms with Crippen LogP contribution in [-0.4, -0.2) is 38.2 Å². The summed E-state index contributed by atoms with van der Waals surface area (Å²) in [6, 6.07) is 0. The number of imide groups is 1. The minimum Gasteiger partial charge on any atom is -0.416 e. The quantitative estimate of drug-likeness (QED) is 0.577. The molecule has 0 N–H and O–H groups in total. The molecule has 0 fully saturated rings. The Labute approximate surface area is 107 Å². The highest BCUT2D eigenvalue weighted by molar-refractivity contribution is 6.69. The second kappa shape index (κ2) is 8.19. The van der Waals surface area contributed by atoms with Crippen molar-refractivity contribution in [3.05, 3.63) is 12.2 Å². The molecule has 0 atom stereocenters. The minimum atomic E-state index is -1.54. The van der Waals surface area contributed by atoms with E-state index >= 15 is 0 Å². The number of carbonyl (C=O) groups excluding carboxylic acids is 2. The smallest absolute Gasteiger partial charge is 0.253 e. The van der Waals surface area contributed by atoms with E-state index in [1.165, 1.54) is 17.1 Å². The van der Waals surface area contributed by atoms with Crippen LogP contribution in [0.2, 0.25) is 19.6 Å². The van der Waals surface area contributed by atoms with E-state index < -0.39 is 8.32 Å². The van der Waals surface area contributed by atoms with Gasteiger partial charge in [0.05, 0.1) is 13.2 Å². The van der Waals surface area contributed by atoms with E-state index in [1.807, 2.05) is 0 Å². The van der Waals surface area contributed by atoms with Gasteiger partial charge in [-0.05, 0) is 19.6 Å². The van der Waals surface area contributed by atoms with E-state index in [0.717, 1.165) is 0 Å². The van der Waals surface area contributed by atoms with Gasteiger partial charge in [0.15, 0.2) is 8.32 Å². The molecular formula is C12H27NO3Si. The van der Waals surface area contributed by atoms with Crippen LogP contribution in [0.4, 0.5) is 0 Å². The van der Waals surface area contributed by atoms with Crippen LogP contribution >= 0.6 is 0 Å². The fraction of sp³-hybridized carbons (Fsp3) is 0.667. The van der Waals surface area contributed by atoms with Gasteiger partial charge in [-0.15, -0.1) is 0 Å². The van der Waals surface area contributed by atoms with Crippen LogP contribution in [0.15, 0.2) is 12.2 Å². The first-order valence-corrected chi connectivity index (χ1v) is 7.98. The van der Waals surface area contributed by atoms with Crippen LogP contribution < -0.4 is 0 Å². The van der Waals surface area contributed by atoms with Gasteiger partial charge in [0.2, 0.25) is 0 Å². The molecule has 1 rings (SSSR count). The van der Waals surface area contributed by atoms with Crippen LogP contribution in [0.1, 0.15) is 22.3 Å². The van der Waals surface area contributed by atoms with E-state index in [9.17, 15) is 9.59 Å². The lowest BCUT2D eigenvalue weighted by Gasteiger charge is -2.20. The topological polar surface area (TPSA) is 46.6 Å². The van der Waals surface area contributed by atoms with Crippen molar-refractivity contribution in [2.45, 2.75) is 41.9 Å². The molecule has 0 aliphatic carbocycles. The maximum atomic E-state index is 11.1. The summed E-state index contributed by atoms with van der Waals surface area (Å²) in [7, 11) is -1.54. The molecule has 0 aromatic carbocycles. The third kappa shape index (κ3) is 7.07. The van der Waals surface area contributed by atoms with Crippen molar-refractivity contribution in [2.24, 2.45) is 0 Å². The van der Waals surface area contributed by atoms with Crippen LogP contribution in [0.5, 0.6) is 0 Å². The predicted octanol–water partition coefficient (Wildman–Crippen LogP) is 2.67. The van der Waals surface area contributed by atoms with E-state index in [0.29, 0.717) is 13.2 Å². The zero-order valence-electron chi connectivity index (χ0n) is 8.74. The number of amides is 2. The fourth-order valence-corrected chi connectivity index (χ4v) is 1.80. The van der Waals surface area contributed by atoms with Crippen molar-refractivity contribution in [1.29, 1.82) is 0 Å². The molecule has 0 bridgehead atoms. The van der Waals surface area contributed by atoms with Crippen LogP contribution in [-0.2, 0) is 14.0 Å². The number of hydrogen-bond acceptors (Lipinski definition) is 3. The standard InChI is InChI=1S/C9H15NO3Si.3CH4/c1-14(2,3)13-7-6-10-8(11)4-5-9(10)12;;;/h4-5H,6-7H2,1-3H3;3*1H4. The molecule has 0 radical (unpaired) electrons. The molecule has 4 nitrogen and oxygen atoms in total. The summed E-state index contributed by atoms with van der Waals surface area (Å²) in [5.41, 5.74) is 0. The number of rotatable bonds is 4. The SMILES string of the molecule is C.C.C.C[Si](C)(C)OCCN1C(=O)C=CC1=O. The fourth-order valence-electron chi connectivity index (χ4n) is 1.09. The predicted molar refractivity (Wildman–Crippen MR) is 75.4 cm³/mol. The first-order valence-electron chi connectivity index (χ1n) is 4.58. The Morgan fingerprint density at radius 3 is 1.82 bits per heavy atom. The third-order valence-corrected chi connectivity index (χ3v) is 2.82. The first-order chi connectivity index (χ1) is 6.40. The average molecular weight is 261 g/mol. The number of hydrogen-bond donors (Lipinski definition) is 0. The Balaban J connectivity index is -0.000000653. The van der Waals surface area contributed by atoms with Gasteiger partial charge in [0.1, 0.15) is 0 Å². The number of nitrogens with zero attached hydrogens (tertiary/aromatic N) is 1. The van der Waals surface area contributed by atoms with E-state index in [4.69, 9.17) is 4.43 Å². The lowest BCUT2D eigenvalue weighted by Crippen LogP contribution is -2.36. The van der Waals surface area contributed by atoms with Gasteiger partial charge in [-0.1, -0.05) is 22.3 Å². The summed E-state index contributed by atoms with van der Waals surface area (Å²) >= 11 is 0. The first kappa shape index (κ1) is 21.4. The van der Waals surface area contributed by atoms with E-state index in [2.05, 4.69) is 19.6 Å². The zero-order chi connectivity index (χ0) is 10.8. The molecule has 17 heavy (non-hydrogen) atoms. The van der Waals surface area contributed by atoms with Crippen LogP contribution in [0.3, 0.4) is 0 Å². The van der Waals surface area contributed by atoms with Crippen molar-refractivity contribution in [1.82, 2.24) is 4.90 Å². The average Bonchev–Trinajstić information content (AvgIpc) is 2.33. The van der Waals surface area contributed by atoms with Gasteiger partial charge in [0.25, 0.3) is 11.8 Å². The van der Waals surface area contributed by atoms with E-state index in [1.54, 1.807) is 0 Å². The Hall–Kier alpha value is -0.943. The number of carbonyl (C=O) groups is 2. The van der Waals surface area contributed by atoms with Crippen molar-refractivity contribution in [2.75, 3.05) is 13.2 Å². The van der Waals surface area contributed by atoms with Gasteiger partial charge in [-0.25, -0.2) is 0 Å². The molecule has 0 unspecified atom stereocenters. The second-order valence-electron chi connectivity index (χ2n) is 4.12.